The third-order valence-corrected chi connectivity index (χ3v) is 5.10. The van der Waals surface area contributed by atoms with Crippen LogP contribution in [0.2, 0.25) is 0 Å². The Morgan fingerprint density at radius 2 is 2.15 bits per heavy atom. The molecule has 1 fully saturated rings. The summed E-state index contributed by atoms with van der Waals surface area (Å²) in [6.45, 7) is 10.3. The number of likely N-dealkylation sites (tertiary alicyclic amines) is 1. The highest BCUT2D eigenvalue weighted by atomic mass is 16.2. The van der Waals surface area contributed by atoms with Crippen LogP contribution >= 0.6 is 0 Å². The highest BCUT2D eigenvalue weighted by Gasteiger charge is 2.30. The van der Waals surface area contributed by atoms with Crippen LogP contribution in [0.3, 0.4) is 0 Å². The highest BCUT2D eigenvalue weighted by Crippen LogP contribution is 2.30. The van der Waals surface area contributed by atoms with Crippen molar-refractivity contribution in [1.82, 2.24) is 29.9 Å². The lowest BCUT2D eigenvalue weighted by Crippen LogP contribution is -2.41. The van der Waals surface area contributed by atoms with Crippen LogP contribution < -0.4 is 5.32 Å². The summed E-state index contributed by atoms with van der Waals surface area (Å²) in [6, 6.07) is -0.152. The van der Waals surface area contributed by atoms with Gasteiger partial charge in [0.1, 0.15) is 12.2 Å². The largest absolute Gasteiger partial charge is 0.322 e. The van der Waals surface area contributed by atoms with Crippen molar-refractivity contribution in [1.29, 1.82) is 0 Å². The van der Waals surface area contributed by atoms with Crippen LogP contribution in [0.15, 0.2) is 12.5 Å². The maximum atomic E-state index is 13.0. The summed E-state index contributed by atoms with van der Waals surface area (Å²) >= 11 is 0. The van der Waals surface area contributed by atoms with Crippen molar-refractivity contribution in [3.8, 4) is 0 Å². The SMILES string of the molecule is CC(C)CCn1ncc(NC(=O)N2CCCCC2c2ncn[nH]2)c1C(C)C. The van der Waals surface area contributed by atoms with Crippen LogP contribution in [-0.2, 0) is 6.54 Å². The number of rotatable bonds is 6. The second kappa shape index (κ2) is 8.54. The van der Waals surface area contributed by atoms with E-state index >= 15 is 0 Å². The summed E-state index contributed by atoms with van der Waals surface area (Å²) < 4.78 is 2.03. The topological polar surface area (TPSA) is 91.7 Å². The minimum atomic E-state index is -0.0959. The van der Waals surface area contributed by atoms with E-state index in [1.807, 2.05) is 9.58 Å². The zero-order valence-electron chi connectivity index (χ0n) is 16.8. The Balaban J connectivity index is 1.76. The van der Waals surface area contributed by atoms with Crippen LogP contribution in [0, 0.1) is 5.92 Å². The van der Waals surface area contributed by atoms with E-state index in [2.05, 4.69) is 53.3 Å². The first kappa shape index (κ1) is 19.4. The predicted molar refractivity (Wildman–Crippen MR) is 104 cm³/mol. The van der Waals surface area contributed by atoms with Crippen LogP contribution in [0.1, 0.15) is 76.9 Å². The van der Waals surface area contributed by atoms with Crippen LogP contribution in [0.25, 0.3) is 0 Å². The second-order valence-electron chi connectivity index (χ2n) is 8.01. The molecule has 2 N–H and O–H groups in total. The number of urea groups is 1. The van der Waals surface area contributed by atoms with Crippen molar-refractivity contribution in [2.24, 2.45) is 5.92 Å². The lowest BCUT2D eigenvalue weighted by Gasteiger charge is -2.34. The van der Waals surface area contributed by atoms with Crippen molar-refractivity contribution in [3.05, 3.63) is 24.0 Å². The molecular weight excluding hydrogens is 342 g/mol. The van der Waals surface area contributed by atoms with E-state index in [9.17, 15) is 4.79 Å². The van der Waals surface area contributed by atoms with E-state index in [-0.39, 0.29) is 18.0 Å². The molecular formula is C19H31N7O. The summed E-state index contributed by atoms with van der Waals surface area (Å²) in [5, 5.41) is 14.5. The number of aryl methyl sites for hydroxylation is 1. The van der Waals surface area contributed by atoms with Gasteiger partial charge in [-0.3, -0.25) is 9.78 Å². The maximum absolute atomic E-state index is 13.0. The molecule has 1 unspecified atom stereocenters. The van der Waals surface area contributed by atoms with Crippen LogP contribution in [0.5, 0.6) is 0 Å². The Labute approximate surface area is 160 Å². The second-order valence-corrected chi connectivity index (χ2v) is 8.01. The van der Waals surface area contributed by atoms with Crippen molar-refractivity contribution >= 4 is 11.7 Å². The zero-order chi connectivity index (χ0) is 19.4. The van der Waals surface area contributed by atoms with Gasteiger partial charge in [-0.05, 0) is 37.5 Å². The number of aromatic nitrogens is 5. The summed E-state index contributed by atoms with van der Waals surface area (Å²) in [7, 11) is 0. The molecule has 2 aromatic heterocycles. The number of anilines is 1. The van der Waals surface area contributed by atoms with Gasteiger partial charge in [-0.2, -0.15) is 10.2 Å². The van der Waals surface area contributed by atoms with E-state index in [0.29, 0.717) is 5.92 Å². The van der Waals surface area contributed by atoms with Gasteiger partial charge in [0.25, 0.3) is 0 Å². The predicted octanol–water partition coefficient (Wildman–Crippen LogP) is 3.93. The molecule has 148 valence electrons. The first-order chi connectivity index (χ1) is 13.0. The number of aromatic amines is 1. The van der Waals surface area contributed by atoms with Crippen molar-refractivity contribution in [2.45, 2.75) is 71.9 Å². The number of hydrogen-bond donors (Lipinski definition) is 2. The number of amides is 2. The molecule has 0 spiro atoms. The van der Waals surface area contributed by atoms with Gasteiger partial charge in [0.05, 0.1) is 23.6 Å². The average Bonchev–Trinajstić information content (AvgIpc) is 3.29. The summed E-state index contributed by atoms with van der Waals surface area (Å²) in [4.78, 5) is 19.2. The molecule has 1 atom stereocenters. The summed E-state index contributed by atoms with van der Waals surface area (Å²) in [5.41, 5.74) is 1.89. The minimum Gasteiger partial charge on any atom is -0.314 e. The van der Waals surface area contributed by atoms with Gasteiger partial charge in [-0.15, -0.1) is 0 Å². The van der Waals surface area contributed by atoms with Gasteiger partial charge in [0.15, 0.2) is 0 Å². The number of hydrogen-bond acceptors (Lipinski definition) is 4. The Bertz CT molecular complexity index is 735. The first-order valence-corrected chi connectivity index (χ1v) is 9.96. The number of carbonyl (C=O) groups is 1. The molecule has 0 saturated carbocycles. The molecule has 0 bridgehead atoms. The smallest absolute Gasteiger partial charge is 0.314 e. The number of carbonyl (C=O) groups excluding carboxylic acids is 1. The molecule has 3 heterocycles. The van der Waals surface area contributed by atoms with Gasteiger partial charge in [-0.1, -0.05) is 27.7 Å². The van der Waals surface area contributed by atoms with Crippen LogP contribution in [0.4, 0.5) is 10.5 Å². The normalized spacial score (nSPS) is 17.7. The Hall–Kier alpha value is -2.38. The van der Waals surface area contributed by atoms with Gasteiger partial charge in [0, 0.05) is 13.1 Å². The maximum Gasteiger partial charge on any atom is 0.322 e. The molecule has 2 aromatic rings. The molecule has 2 amide bonds. The quantitative estimate of drug-likeness (QED) is 0.802. The average molecular weight is 374 g/mol. The zero-order valence-corrected chi connectivity index (χ0v) is 16.8. The number of nitrogens with one attached hydrogen (secondary N) is 2. The molecule has 8 heteroatoms. The van der Waals surface area contributed by atoms with Gasteiger partial charge < -0.3 is 10.2 Å². The van der Waals surface area contributed by atoms with Gasteiger partial charge in [0.2, 0.25) is 0 Å². The Morgan fingerprint density at radius 1 is 1.33 bits per heavy atom. The number of piperidine rings is 1. The fourth-order valence-electron chi connectivity index (χ4n) is 3.68. The first-order valence-electron chi connectivity index (χ1n) is 9.96. The van der Waals surface area contributed by atoms with Crippen molar-refractivity contribution in [2.75, 3.05) is 11.9 Å². The molecule has 27 heavy (non-hydrogen) atoms. The van der Waals surface area contributed by atoms with E-state index in [4.69, 9.17) is 0 Å². The minimum absolute atomic E-state index is 0.0558. The van der Waals surface area contributed by atoms with E-state index < -0.39 is 0 Å². The molecule has 1 saturated heterocycles. The molecule has 0 radical (unpaired) electrons. The van der Waals surface area contributed by atoms with Gasteiger partial charge >= 0.3 is 6.03 Å². The molecule has 8 nitrogen and oxygen atoms in total. The van der Waals surface area contributed by atoms with E-state index in [1.54, 1.807) is 6.20 Å². The highest BCUT2D eigenvalue weighted by molar-refractivity contribution is 5.90. The Kier molecular flexibility index (Phi) is 6.13. The van der Waals surface area contributed by atoms with Gasteiger partial charge in [-0.25, -0.2) is 9.78 Å². The lowest BCUT2D eigenvalue weighted by atomic mass is 10.0. The molecule has 0 aliphatic carbocycles. The molecule has 1 aliphatic rings. The monoisotopic (exact) mass is 373 g/mol. The fraction of sp³-hybridized carbons (Fsp3) is 0.684. The standard InChI is InChI=1S/C19H31N7O/c1-13(2)8-10-26-17(14(3)4)15(11-22-26)23-19(27)25-9-6-5-7-16(25)18-20-12-21-24-18/h11-14,16H,5-10H2,1-4H3,(H,23,27)(H,20,21,24). The van der Waals surface area contributed by atoms with Crippen molar-refractivity contribution in [3.63, 3.8) is 0 Å². The third kappa shape index (κ3) is 4.48. The van der Waals surface area contributed by atoms with Crippen LogP contribution in [-0.4, -0.2) is 42.4 Å². The Morgan fingerprint density at radius 3 is 2.81 bits per heavy atom. The molecule has 0 aromatic carbocycles. The number of nitrogens with zero attached hydrogens (tertiary/aromatic N) is 5. The number of H-pyrrole nitrogens is 1. The van der Waals surface area contributed by atoms with Crippen molar-refractivity contribution < 1.29 is 4.79 Å². The fourth-order valence-corrected chi connectivity index (χ4v) is 3.68. The van der Waals surface area contributed by atoms with E-state index in [0.717, 1.165) is 56.0 Å². The summed E-state index contributed by atoms with van der Waals surface area (Å²) in [5.74, 6) is 1.64. The van der Waals surface area contributed by atoms with E-state index in [1.165, 1.54) is 6.33 Å². The third-order valence-electron chi connectivity index (χ3n) is 5.10. The molecule has 3 rings (SSSR count). The summed E-state index contributed by atoms with van der Waals surface area (Å²) in [6.07, 6.45) is 7.32. The lowest BCUT2D eigenvalue weighted by molar-refractivity contribution is 0.159. The molecule has 1 aliphatic heterocycles.